The predicted octanol–water partition coefficient (Wildman–Crippen LogP) is 8.40. The number of alkyl halides is 1. The molecule has 0 aliphatic carbocycles. The second kappa shape index (κ2) is 14.0. The highest BCUT2D eigenvalue weighted by Gasteiger charge is 2.43. The minimum Gasteiger partial charge on any atom is -0.393 e. The molecule has 0 bridgehead atoms. The van der Waals surface area contributed by atoms with Crippen LogP contribution >= 0.6 is 11.6 Å². The fraction of sp³-hybridized carbons (Fsp3) is 0.351. The standard InChI is InChI=1S/C19H16O.C18H28ClNO2/c20-19(16-10-4-1-5-11-16,17-12-6-2-7-13-17)18-14-8-3-9-15-18;1-17(2)10-5-11-18(3,4)20(17)22-16(13-21)15-8-6-14(12-19)7-9-15/h1-15,20H;6-9,16,21H,5,10-13H2,1-4H3. The number of hydrogen-bond acceptors (Lipinski definition) is 4. The summed E-state index contributed by atoms with van der Waals surface area (Å²) in [4.78, 5) is 6.28. The third-order valence-electron chi connectivity index (χ3n) is 8.16. The number of piperidine rings is 1. The average molecular weight is 586 g/mol. The fourth-order valence-corrected chi connectivity index (χ4v) is 6.13. The number of rotatable bonds is 8. The van der Waals surface area contributed by atoms with E-state index in [2.05, 4.69) is 32.8 Å². The molecule has 42 heavy (non-hydrogen) atoms. The minimum atomic E-state index is -1.12. The second-order valence-electron chi connectivity index (χ2n) is 12.2. The molecule has 2 N–H and O–H groups in total. The van der Waals surface area contributed by atoms with Gasteiger partial charge in [-0.3, -0.25) is 4.84 Å². The van der Waals surface area contributed by atoms with Crippen molar-refractivity contribution in [1.82, 2.24) is 5.06 Å². The number of aliphatic hydroxyl groups excluding tert-OH is 1. The van der Waals surface area contributed by atoms with E-state index in [0.717, 1.165) is 40.7 Å². The number of hydrogen-bond donors (Lipinski definition) is 2. The van der Waals surface area contributed by atoms with Gasteiger partial charge in [0.1, 0.15) is 11.7 Å². The highest BCUT2D eigenvalue weighted by molar-refractivity contribution is 6.17. The van der Waals surface area contributed by atoms with Gasteiger partial charge >= 0.3 is 0 Å². The zero-order valence-electron chi connectivity index (χ0n) is 25.2. The first-order chi connectivity index (χ1) is 20.1. The van der Waals surface area contributed by atoms with Crippen molar-refractivity contribution in [2.75, 3.05) is 6.61 Å². The van der Waals surface area contributed by atoms with Crippen LogP contribution in [0.3, 0.4) is 0 Å². The zero-order chi connectivity index (χ0) is 30.2. The van der Waals surface area contributed by atoms with Crippen molar-refractivity contribution in [3.05, 3.63) is 143 Å². The Balaban J connectivity index is 0.000000193. The van der Waals surface area contributed by atoms with E-state index in [4.69, 9.17) is 16.4 Å². The van der Waals surface area contributed by atoms with Crippen LogP contribution in [0.2, 0.25) is 0 Å². The van der Waals surface area contributed by atoms with Gasteiger partial charge in [0.15, 0.2) is 0 Å². The normalized spacial score (nSPS) is 17.1. The van der Waals surface area contributed by atoms with Crippen molar-refractivity contribution < 1.29 is 15.1 Å². The Bertz CT molecular complexity index is 1250. The summed E-state index contributed by atoms with van der Waals surface area (Å²) in [5.74, 6) is 0.497. The number of benzene rings is 4. The summed E-state index contributed by atoms with van der Waals surface area (Å²) in [7, 11) is 0. The largest absolute Gasteiger partial charge is 0.393 e. The maximum absolute atomic E-state index is 11.4. The summed E-state index contributed by atoms with van der Waals surface area (Å²) in [6, 6.07) is 37.3. The second-order valence-corrected chi connectivity index (χ2v) is 12.5. The van der Waals surface area contributed by atoms with Gasteiger partial charge in [-0.25, -0.2) is 0 Å². The van der Waals surface area contributed by atoms with Crippen molar-refractivity contribution >= 4 is 11.6 Å². The van der Waals surface area contributed by atoms with Crippen LogP contribution < -0.4 is 0 Å². The van der Waals surface area contributed by atoms with Crippen LogP contribution in [0.5, 0.6) is 0 Å². The van der Waals surface area contributed by atoms with E-state index in [1.807, 2.05) is 115 Å². The summed E-state index contributed by atoms with van der Waals surface area (Å²) in [6.45, 7) is 8.79. The molecule has 0 saturated carbocycles. The molecule has 1 fully saturated rings. The van der Waals surface area contributed by atoms with Gasteiger partial charge in [0.05, 0.1) is 6.61 Å². The monoisotopic (exact) mass is 585 g/mol. The van der Waals surface area contributed by atoms with Gasteiger partial charge in [-0.2, -0.15) is 5.06 Å². The summed E-state index contributed by atoms with van der Waals surface area (Å²) < 4.78 is 0. The Morgan fingerprint density at radius 3 is 1.48 bits per heavy atom. The van der Waals surface area contributed by atoms with Gasteiger partial charge in [0.2, 0.25) is 0 Å². The maximum atomic E-state index is 11.4. The first-order valence-electron chi connectivity index (χ1n) is 14.7. The molecule has 5 rings (SSSR count). The maximum Gasteiger partial charge on any atom is 0.140 e. The lowest BCUT2D eigenvalue weighted by atomic mass is 9.80. The smallest absolute Gasteiger partial charge is 0.140 e. The zero-order valence-corrected chi connectivity index (χ0v) is 26.0. The predicted molar refractivity (Wildman–Crippen MR) is 172 cm³/mol. The van der Waals surface area contributed by atoms with Gasteiger partial charge in [-0.1, -0.05) is 115 Å². The molecule has 1 atom stereocenters. The van der Waals surface area contributed by atoms with Crippen LogP contribution in [-0.2, 0) is 16.3 Å². The molecular formula is C37H44ClNO3. The summed E-state index contributed by atoms with van der Waals surface area (Å²) in [5.41, 5.74) is 3.47. The number of nitrogens with zero attached hydrogens (tertiary/aromatic N) is 1. The van der Waals surface area contributed by atoms with E-state index in [9.17, 15) is 10.2 Å². The van der Waals surface area contributed by atoms with Gasteiger partial charge in [0, 0.05) is 17.0 Å². The molecule has 1 unspecified atom stereocenters. The van der Waals surface area contributed by atoms with Crippen molar-refractivity contribution in [2.24, 2.45) is 0 Å². The molecule has 1 aliphatic rings. The van der Waals surface area contributed by atoms with E-state index < -0.39 is 5.60 Å². The SMILES string of the molecule is CC1(C)CCCC(C)(C)N1OC(CO)c1ccc(CCl)cc1.OC(c1ccccc1)(c1ccccc1)c1ccccc1. The van der Waals surface area contributed by atoms with Gasteiger partial charge in [0.25, 0.3) is 0 Å². The Morgan fingerprint density at radius 1 is 0.714 bits per heavy atom. The van der Waals surface area contributed by atoms with Gasteiger partial charge < -0.3 is 10.2 Å². The molecule has 0 aromatic heterocycles. The third kappa shape index (κ3) is 7.31. The third-order valence-corrected chi connectivity index (χ3v) is 8.46. The Hall–Kier alpha value is -2.99. The van der Waals surface area contributed by atoms with E-state index in [1.165, 1.54) is 6.42 Å². The summed E-state index contributed by atoms with van der Waals surface area (Å²) >= 11 is 5.83. The molecule has 0 spiro atoms. The number of hydroxylamine groups is 2. The van der Waals surface area contributed by atoms with Crippen LogP contribution in [0.15, 0.2) is 115 Å². The van der Waals surface area contributed by atoms with Crippen LogP contribution in [0.1, 0.15) is 80.9 Å². The van der Waals surface area contributed by atoms with Gasteiger partial charge in [-0.15, -0.1) is 11.6 Å². The molecule has 4 aromatic rings. The lowest BCUT2D eigenvalue weighted by Crippen LogP contribution is -2.58. The number of halogens is 1. The van der Waals surface area contributed by atoms with Crippen LogP contribution in [0, 0.1) is 0 Å². The molecule has 1 aliphatic heterocycles. The summed E-state index contributed by atoms with van der Waals surface area (Å²) in [5, 5.41) is 23.3. The minimum absolute atomic E-state index is 0.0365. The molecule has 5 heteroatoms. The molecule has 4 nitrogen and oxygen atoms in total. The van der Waals surface area contributed by atoms with Crippen LogP contribution in [0.4, 0.5) is 0 Å². The Morgan fingerprint density at radius 2 is 1.12 bits per heavy atom. The Labute approximate surface area is 256 Å². The van der Waals surface area contributed by atoms with Crippen molar-refractivity contribution in [3.63, 3.8) is 0 Å². The van der Waals surface area contributed by atoms with Crippen LogP contribution in [0.25, 0.3) is 0 Å². The van der Waals surface area contributed by atoms with Gasteiger partial charge in [-0.05, 0) is 74.8 Å². The molecule has 1 heterocycles. The quantitative estimate of drug-likeness (QED) is 0.161. The van der Waals surface area contributed by atoms with Crippen molar-refractivity contribution in [1.29, 1.82) is 0 Å². The highest BCUT2D eigenvalue weighted by atomic mass is 35.5. The molecule has 0 amide bonds. The first-order valence-corrected chi connectivity index (χ1v) is 15.3. The molecule has 0 radical (unpaired) electrons. The van der Waals surface area contributed by atoms with E-state index in [-0.39, 0.29) is 23.8 Å². The molecule has 1 saturated heterocycles. The van der Waals surface area contributed by atoms with E-state index in [1.54, 1.807) is 0 Å². The first kappa shape index (κ1) is 31.9. The average Bonchev–Trinajstić information content (AvgIpc) is 3.02. The van der Waals surface area contributed by atoms with E-state index in [0.29, 0.717) is 5.88 Å². The van der Waals surface area contributed by atoms with Crippen molar-refractivity contribution in [3.8, 4) is 0 Å². The fourth-order valence-electron chi connectivity index (χ4n) is 5.95. The van der Waals surface area contributed by atoms with Crippen LogP contribution in [-0.4, -0.2) is 33.0 Å². The molecule has 4 aromatic carbocycles. The number of aliphatic hydroxyl groups is 2. The highest BCUT2D eigenvalue weighted by Crippen LogP contribution is 2.40. The topological polar surface area (TPSA) is 52.9 Å². The van der Waals surface area contributed by atoms with E-state index >= 15 is 0 Å². The molecule has 222 valence electrons. The van der Waals surface area contributed by atoms with Crippen molar-refractivity contribution in [2.45, 2.75) is 75.6 Å². The Kier molecular flexibility index (Phi) is 10.6. The lowest BCUT2D eigenvalue weighted by molar-refractivity contribution is -0.311. The summed E-state index contributed by atoms with van der Waals surface area (Å²) in [6.07, 6.45) is 3.05. The lowest BCUT2D eigenvalue weighted by Gasteiger charge is -2.52. The molecular weight excluding hydrogens is 542 g/mol.